The summed E-state index contributed by atoms with van der Waals surface area (Å²) in [5, 5.41) is 30.2. The molecule has 0 saturated heterocycles. The van der Waals surface area contributed by atoms with Crippen molar-refractivity contribution in [3.8, 4) is 5.75 Å². The number of pyridine rings is 1. The molecule has 0 aliphatic carbocycles. The summed E-state index contributed by atoms with van der Waals surface area (Å²) in [6, 6.07) is 1.05. The van der Waals surface area contributed by atoms with Gasteiger partial charge in [-0.3, -0.25) is 25.0 Å². The van der Waals surface area contributed by atoms with Crippen LogP contribution < -0.4 is 5.56 Å². The number of H-pyrrole nitrogens is 1. The van der Waals surface area contributed by atoms with Gasteiger partial charge in [-0.05, 0) is 6.07 Å². The maximum atomic E-state index is 11.5. The van der Waals surface area contributed by atoms with Crippen LogP contribution in [0.1, 0.15) is 0 Å². The average Bonchev–Trinajstić information content (AvgIpc) is 2.30. The number of halogens is 2. The van der Waals surface area contributed by atoms with Crippen LogP contribution in [0.5, 0.6) is 5.75 Å². The summed E-state index contributed by atoms with van der Waals surface area (Å²) < 4.78 is 0. The van der Waals surface area contributed by atoms with Gasteiger partial charge in [0, 0.05) is 0 Å². The van der Waals surface area contributed by atoms with Crippen molar-refractivity contribution in [1.82, 2.24) is 4.98 Å². The van der Waals surface area contributed by atoms with Crippen LogP contribution in [0.15, 0.2) is 10.9 Å². The number of nitrogens with zero attached hydrogens (tertiary/aromatic N) is 2. The molecule has 0 unspecified atom stereocenters. The number of hydrogen-bond donors (Lipinski definition) is 2. The number of nitrogens with one attached hydrogen (secondary N) is 1. The second-order valence-electron chi connectivity index (χ2n) is 3.61. The van der Waals surface area contributed by atoms with Gasteiger partial charge in [-0.2, -0.15) is 0 Å². The number of aromatic nitrogens is 1. The van der Waals surface area contributed by atoms with Gasteiger partial charge >= 0.3 is 16.9 Å². The van der Waals surface area contributed by atoms with Crippen LogP contribution in [-0.2, 0) is 0 Å². The topological polar surface area (TPSA) is 139 Å². The summed E-state index contributed by atoms with van der Waals surface area (Å²) >= 11 is 11.3. The Morgan fingerprint density at radius 2 is 1.70 bits per heavy atom. The molecule has 0 spiro atoms. The van der Waals surface area contributed by atoms with Gasteiger partial charge in [0.25, 0.3) is 0 Å². The molecule has 20 heavy (non-hydrogen) atoms. The Kier molecular flexibility index (Phi) is 3.24. The quantitative estimate of drug-likeness (QED) is 0.643. The molecule has 11 heteroatoms. The highest BCUT2D eigenvalue weighted by atomic mass is 35.5. The number of nitro benzene ring substituents is 1. The lowest BCUT2D eigenvalue weighted by atomic mass is 10.1. The maximum absolute atomic E-state index is 11.5. The Morgan fingerprint density at radius 1 is 1.15 bits per heavy atom. The van der Waals surface area contributed by atoms with E-state index >= 15 is 0 Å². The lowest BCUT2D eigenvalue weighted by molar-refractivity contribution is -0.388. The van der Waals surface area contributed by atoms with Gasteiger partial charge in [0.1, 0.15) is 10.4 Å². The number of benzene rings is 1. The standard InChI is InChI=1S/C9H3Cl2N3O6/c10-2-1-3-4(6(5(2)11)13(17)18)8(15)7(14(19)20)9(16)12-3/h1H,(H2,12,15,16). The molecule has 0 radical (unpaired) electrons. The minimum absolute atomic E-state index is 0.237. The Morgan fingerprint density at radius 3 is 2.20 bits per heavy atom. The summed E-state index contributed by atoms with van der Waals surface area (Å²) in [5.41, 5.74) is -3.49. The molecule has 0 aliphatic rings. The van der Waals surface area contributed by atoms with E-state index in [-0.39, 0.29) is 10.5 Å². The van der Waals surface area contributed by atoms with Gasteiger partial charge in [0.15, 0.2) is 0 Å². The molecule has 9 nitrogen and oxygen atoms in total. The highest BCUT2D eigenvalue weighted by Gasteiger charge is 2.30. The van der Waals surface area contributed by atoms with Crippen LogP contribution in [0.3, 0.4) is 0 Å². The molecule has 0 saturated carbocycles. The average molecular weight is 320 g/mol. The largest absolute Gasteiger partial charge is 0.501 e. The van der Waals surface area contributed by atoms with E-state index in [1.54, 1.807) is 0 Å². The fraction of sp³-hybridized carbons (Fsp3) is 0. The van der Waals surface area contributed by atoms with Crippen molar-refractivity contribution in [1.29, 1.82) is 0 Å². The van der Waals surface area contributed by atoms with Crippen LogP contribution in [0.2, 0.25) is 10.0 Å². The molecule has 1 heterocycles. The fourth-order valence-corrected chi connectivity index (χ4v) is 2.12. The first kappa shape index (κ1) is 14.0. The first-order valence-electron chi connectivity index (χ1n) is 4.81. The molecular weight excluding hydrogens is 317 g/mol. The zero-order valence-electron chi connectivity index (χ0n) is 9.22. The Balaban J connectivity index is 3.14. The van der Waals surface area contributed by atoms with E-state index in [0.717, 1.165) is 6.07 Å². The summed E-state index contributed by atoms with van der Waals surface area (Å²) in [5.74, 6) is -1.14. The predicted octanol–water partition coefficient (Wildman–Crippen LogP) is 2.36. The number of rotatable bonds is 2. The normalized spacial score (nSPS) is 10.7. The molecule has 104 valence electrons. The third-order valence-corrected chi connectivity index (χ3v) is 3.26. The molecule has 1 aromatic carbocycles. The smallest absolute Gasteiger partial charge is 0.375 e. The first-order chi connectivity index (χ1) is 9.25. The molecule has 1 aromatic heterocycles. The van der Waals surface area contributed by atoms with Crippen LogP contribution in [0.25, 0.3) is 10.9 Å². The van der Waals surface area contributed by atoms with Crippen molar-refractivity contribution in [2.75, 3.05) is 0 Å². The molecule has 0 atom stereocenters. The van der Waals surface area contributed by atoms with Crippen LogP contribution >= 0.6 is 23.2 Å². The van der Waals surface area contributed by atoms with Crippen LogP contribution in [-0.4, -0.2) is 19.9 Å². The molecule has 0 fully saturated rings. The molecule has 0 amide bonds. The minimum atomic E-state index is -1.22. The van der Waals surface area contributed by atoms with E-state index in [0.29, 0.717) is 0 Å². The van der Waals surface area contributed by atoms with Crippen molar-refractivity contribution in [2.24, 2.45) is 0 Å². The van der Waals surface area contributed by atoms with Gasteiger partial charge in [0.2, 0.25) is 5.75 Å². The second-order valence-corrected chi connectivity index (χ2v) is 4.39. The number of nitro groups is 2. The first-order valence-corrected chi connectivity index (χ1v) is 5.57. The third-order valence-electron chi connectivity index (χ3n) is 2.48. The number of aromatic hydroxyl groups is 1. The summed E-state index contributed by atoms with van der Waals surface area (Å²) in [6.07, 6.45) is 0. The number of aromatic amines is 1. The van der Waals surface area contributed by atoms with E-state index in [2.05, 4.69) is 0 Å². The molecule has 2 rings (SSSR count). The number of hydrogen-bond acceptors (Lipinski definition) is 6. The lowest BCUT2D eigenvalue weighted by Gasteiger charge is -2.05. The van der Waals surface area contributed by atoms with E-state index in [1.165, 1.54) is 0 Å². The van der Waals surface area contributed by atoms with Crippen LogP contribution in [0, 0.1) is 20.2 Å². The second kappa shape index (κ2) is 4.62. The molecular formula is C9H3Cl2N3O6. The van der Waals surface area contributed by atoms with E-state index in [1.807, 2.05) is 4.98 Å². The summed E-state index contributed by atoms with van der Waals surface area (Å²) in [6.45, 7) is 0. The van der Waals surface area contributed by atoms with Gasteiger partial charge in [-0.1, -0.05) is 23.2 Å². The van der Waals surface area contributed by atoms with Gasteiger partial charge in [-0.15, -0.1) is 0 Å². The zero-order valence-corrected chi connectivity index (χ0v) is 10.7. The predicted molar refractivity (Wildman–Crippen MR) is 69.6 cm³/mol. The zero-order chi connectivity index (χ0) is 15.2. The van der Waals surface area contributed by atoms with E-state index in [4.69, 9.17) is 23.2 Å². The van der Waals surface area contributed by atoms with E-state index in [9.17, 15) is 30.1 Å². The van der Waals surface area contributed by atoms with Crippen molar-refractivity contribution in [3.63, 3.8) is 0 Å². The lowest BCUT2D eigenvalue weighted by Crippen LogP contribution is -2.12. The summed E-state index contributed by atoms with van der Waals surface area (Å²) in [4.78, 5) is 33.1. The van der Waals surface area contributed by atoms with Crippen LogP contribution in [0.4, 0.5) is 11.4 Å². The Hall–Kier alpha value is -2.39. The van der Waals surface area contributed by atoms with E-state index < -0.39 is 42.9 Å². The Bertz CT molecular complexity index is 831. The molecule has 2 N–H and O–H groups in total. The summed E-state index contributed by atoms with van der Waals surface area (Å²) in [7, 11) is 0. The molecule has 0 bridgehead atoms. The van der Waals surface area contributed by atoms with Crippen molar-refractivity contribution >= 4 is 45.5 Å². The fourth-order valence-electron chi connectivity index (χ4n) is 1.70. The molecule has 2 aromatic rings. The monoisotopic (exact) mass is 319 g/mol. The van der Waals surface area contributed by atoms with Gasteiger partial charge in [-0.25, -0.2) is 0 Å². The maximum Gasteiger partial charge on any atom is 0.375 e. The minimum Gasteiger partial charge on any atom is -0.501 e. The van der Waals surface area contributed by atoms with Crippen molar-refractivity contribution < 1.29 is 15.0 Å². The SMILES string of the molecule is O=c1[nH]c2cc(Cl)c(Cl)c([N+](=O)[O-])c2c(O)c1[N+](=O)[O-]. The highest BCUT2D eigenvalue weighted by molar-refractivity contribution is 6.44. The third kappa shape index (κ3) is 1.92. The van der Waals surface area contributed by atoms with Crippen molar-refractivity contribution in [2.45, 2.75) is 0 Å². The molecule has 0 aliphatic heterocycles. The van der Waals surface area contributed by atoms with Gasteiger partial charge < -0.3 is 10.1 Å². The highest BCUT2D eigenvalue weighted by Crippen LogP contribution is 2.43. The number of fused-ring (bicyclic) bond motifs is 1. The van der Waals surface area contributed by atoms with Crippen molar-refractivity contribution in [3.05, 3.63) is 46.7 Å². The van der Waals surface area contributed by atoms with Gasteiger partial charge in [0.05, 0.1) is 20.4 Å². The Labute approximate surface area is 118 Å².